The van der Waals surface area contributed by atoms with Crippen LogP contribution in [0.15, 0.2) is 59.6 Å². The molecule has 122 valence electrons. The van der Waals surface area contributed by atoms with E-state index in [1.54, 1.807) is 24.4 Å². The molecular formula is C18H17N3O2S. The van der Waals surface area contributed by atoms with E-state index in [0.717, 1.165) is 29.4 Å². The van der Waals surface area contributed by atoms with Crippen molar-refractivity contribution in [3.05, 3.63) is 60.6 Å². The van der Waals surface area contributed by atoms with Crippen molar-refractivity contribution in [3.63, 3.8) is 0 Å². The van der Waals surface area contributed by atoms with Crippen LogP contribution in [0.1, 0.15) is 31.0 Å². The molecule has 0 bridgehead atoms. The fourth-order valence-corrected chi connectivity index (χ4v) is 3.86. The molecule has 0 atom stereocenters. The first kappa shape index (κ1) is 15.1. The van der Waals surface area contributed by atoms with Gasteiger partial charge < -0.3 is 0 Å². The number of aromatic nitrogens is 2. The second-order valence-electron chi connectivity index (χ2n) is 6.04. The summed E-state index contributed by atoms with van der Waals surface area (Å²) in [5.74, 6) is 1.40. The van der Waals surface area contributed by atoms with Crippen molar-refractivity contribution in [3.8, 4) is 0 Å². The maximum atomic E-state index is 12.6. The molecule has 1 fully saturated rings. The minimum atomic E-state index is -3.68. The van der Waals surface area contributed by atoms with Gasteiger partial charge in [0.2, 0.25) is 0 Å². The van der Waals surface area contributed by atoms with Gasteiger partial charge in [-0.2, -0.15) is 0 Å². The van der Waals surface area contributed by atoms with Crippen LogP contribution in [0.3, 0.4) is 0 Å². The van der Waals surface area contributed by atoms with Crippen molar-refractivity contribution in [2.75, 3.05) is 4.72 Å². The van der Waals surface area contributed by atoms with Crippen LogP contribution in [0, 0.1) is 0 Å². The third kappa shape index (κ3) is 2.85. The van der Waals surface area contributed by atoms with Crippen LogP contribution in [0.25, 0.3) is 10.8 Å². The van der Waals surface area contributed by atoms with Gasteiger partial charge >= 0.3 is 0 Å². The zero-order chi connectivity index (χ0) is 16.6. The number of nitrogens with one attached hydrogen (secondary N) is 1. The first-order valence-corrected chi connectivity index (χ1v) is 9.45. The smallest absolute Gasteiger partial charge is 0.263 e. The number of rotatable bonds is 4. The predicted molar refractivity (Wildman–Crippen MR) is 93.4 cm³/mol. The van der Waals surface area contributed by atoms with E-state index < -0.39 is 10.0 Å². The molecule has 1 aromatic heterocycles. The molecule has 0 amide bonds. The number of anilines is 1. The Hall–Kier alpha value is -2.47. The van der Waals surface area contributed by atoms with Crippen molar-refractivity contribution in [2.45, 2.75) is 30.1 Å². The summed E-state index contributed by atoms with van der Waals surface area (Å²) in [5.41, 5.74) is 0. The van der Waals surface area contributed by atoms with Gasteiger partial charge in [0, 0.05) is 12.1 Å². The Bertz CT molecular complexity index is 998. The lowest BCUT2D eigenvalue weighted by Crippen LogP contribution is -2.17. The molecule has 0 radical (unpaired) electrons. The molecule has 0 spiro atoms. The molecule has 2 aromatic carbocycles. The Kier molecular flexibility index (Phi) is 3.69. The zero-order valence-corrected chi connectivity index (χ0v) is 13.8. The molecule has 0 unspecified atom stereocenters. The van der Waals surface area contributed by atoms with Crippen LogP contribution >= 0.6 is 0 Å². The molecule has 0 aliphatic heterocycles. The van der Waals surface area contributed by atoms with Crippen molar-refractivity contribution in [2.24, 2.45) is 0 Å². The highest BCUT2D eigenvalue weighted by molar-refractivity contribution is 7.92. The molecule has 0 saturated heterocycles. The Morgan fingerprint density at radius 3 is 2.54 bits per heavy atom. The normalized spacial score (nSPS) is 15.2. The molecule has 5 nitrogen and oxygen atoms in total. The highest BCUT2D eigenvalue weighted by Gasteiger charge is 2.23. The van der Waals surface area contributed by atoms with E-state index in [4.69, 9.17) is 0 Å². The van der Waals surface area contributed by atoms with E-state index in [-0.39, 0.29) is 4.90 Å². The lowest BCUT2D eigenvalue weighted by Gasteiger charge is -2.23. The summed E-state index contributed by atoms with van der Waals surface area (Å²) in [6.45, 7) is 0. The number of sulfonamides is 1. The third-order valence-electron chi connectivity index (χ3n) is 4.41. The second kappa shape index (κ2) is 5.87. The molecule has 1 heterocycles. The van der Waals surface area contributed by atoms with Crippen molar-refractivity contribution in [1.29, 1.82) is 0 Å². The van der Waals surface area contributed by atoms with Crippen LogP contribution < -0.4 is 4.72 Å². The van der Waals surface area contributed by atoms with E-state index in [1.165, 1.54) is 6.42 Å². The summed E-state index contributed by atoms with van der Waals surface area (Å²) in [6, 6.07) is 14.3. The highest BCUT2D eigenvalue weighted by Crippen LogP contribution is 2.34. The second-order valence-corrected chi connectivity index (χ2v) is 7.72. The summed E-state index contributed by atoms with van der Waals surface area (Å²) in [5, 5.41) is 1.89. The Balaban J connectivity index is 1.64. The van der Waals surface area contributed by atoms with Crippen molar-refractivity contribution in [1.82, 2.24) is 9.97 Å². The fraction of sp³-hybridized carbons (Fsp3) is 0.222. The zero-order valence-electron chi connectivity index (χ0n) is 13.0. The molecule has 3 aromatic rings. The molecule has 1 aliphatic carbocycles. The van der Waals surface area contributed by atoms with Gasteiger partial charge in [-0.3, -0.25) is 4.72 Å². The molecule has 1 saturated carbocycles. The Labute approximate surface area is 140 Å². The van der Waals surface area contributed by atoms with E-state index >= 15 is 0 Å². The van der Waals surface area contributed by atoms with Gasteiger partial charge in [-0.1, -0.05) is 36.8 Å². The average molecular weight is 339 g/mol. The maximum Gasteiger partial charge on any atom is 0.263 e. The predicted octanol–water partition coefficient (Wildman–Crippen LogP) is 3.70. The number of nitrogens with zero attached hydrogens (tertiary/aromatic N) is 2. The van der Waals surface area contributed by atoms with Crippen LogP contribution in [0.2, 0.25) is 0 Å². The van der Waals surface area contributed by atoms with Gasteiger partial charge in [-0.25, -0.2) is 18.4 Å². The van der Waals surface area contributed by atoms with Gasteiger partial charge in [0.1, 0.15) is 11.6 Å². The first-order chi connectivity index (χ1) is 11.6. The number of benzene rings is 2. The molecule has 1 N–H and O–H groups in total. The summed E-state index contributed by atoms with van der Waals surface area (Å²) < 4.78 is 27.8. The van der Waals surface area contributed by atoms with Gasteiger partial charge in [0.15, 0.2) is 0 Å². The summed E-state index contributed by atoms with van der Waals surface area (Å²) in [4.78, 5) is 8.85. The van der Waals surface area contributed by atoms with Crippen LogP contribution in [0.4, 0.5) is 5.82 Å². The Morgan fingerprint density at radius 2 is 1.79 bits per heavy atom. The lowest BCUT2D eigenvalue weighted by atomic mass is 9.85. The minimum Gasteiger partial charge on any atom is -0.263 e. The van der Waals surface area contributed by atoms with E-state index in [1.807, 2.05) is 30.3 Å². The first-order valence-electron chi connectivity index (χ1n) is 7.96. The Morgan fingerprint density at radius 1 is 1.00 bits per heavy atom. The van der Waals surface area contributed by atoms with Gasteiger partial charge in [0.25, 0.3) is 10.0 Å². The standard InChI is InChI=1S/C18H17N3O2S/c22-24(23,16-9-8-13-4-1-2-5-15(13)12-16)21-17-10-11-19-18(20-17)14-6-3-7-14/h1-2,4-5,8-12,14H,3,6-7H2,(H,19,20,21). The van der Waals surface area contributed by atoms with Crippen molar-refractivity contribution < 1.29 is 8.42 Å². The van der Waals surface area contributed by atoms with E-state index in [2.05, 4.69) is 14.7 Å². The fourth-order valence-electron chi connectivity index (χ4n) is 2.82. The summed E-state index contributed by atoms with van der Waals surface area (Å²) in [6.07, 6.45) is 4.93. The van der Waals surface area contributed by atoms with Gasteiger partial charge in [-0.05, 0) is 41.8 Å². The summed E-state index contributed by atoms with van der Waals surface area (Å²) >= 11 is 0. The van der Waals surface area contributed by atoms with Crippen LogP contribution in [-0.4, -0.2) is 18.4 Å². The minimum absolute atomic E-state index is 0.227. The number of hydrogen-bond donors (Lipinski definition) is 1. The molecule has 6 heteroatoms. The average Bonchev–Trinajstić information content (AvgIpc) is 2.53. The maximum absolute atomic E-state index is 12.6. The molecule has 1 aliphatic rings. The SMILES string of the molecule is O=S(=O)(Nc1ccnc(C2CCC2)n1)c1ccc2ccccc2c1. The van der Waals surface area contributed by atoms with Gasteiger partial charge in [0.05, 0.1) is 4.90 Å². The van der Waals surface area contributed by atoms with Crippen LogP contribution in [-0.2, 0) is 10.0 Å². The number of fused-ring (bicyclic) bond motifs is 1. The summed E-state index contributed by atoms with van der Waals surface area (Å²) in [7, 11) is -3.68. The largest absolute Gasteiger partial charge is 0.263 e. The third-order valence-corrected chi connectivity index (χ3v) is 5.77. The van der Waals surface area contributed by atoms with E-state index in [0.29, 0.717) is 11.7 Å². The highest BCUT2D eigenvalue weighted by atomic mass is 32.2. The molecule has 4 rings (SSSR count). The van der Waals surface area contributed by atoms with Gasteiger partial charge in [-0.15, -0.1) is 0 Å². The number of hydrogen-bond acceptors (Lipinski definition) is 4. The molecular weight excluding hydrogens is 322 g/mol. The van der Waals surface area contributed by atoms with Crippen LogP contribution in [0.5, 0.6) is 0 Å². The monoisotopic (exact) mass is 339 g/mol. The lowest BCUT2D eigenvalue weighted by molar-refractivity contribution is 0.402. The van der Waals surface area contributed by atoms with Crippen molar-refractivity contribution >= 4 is 26.6 Å². The quantitative estimate of drug-likeness (QED) is 0.787. The topological polar surface area (TPSA) is 72.0 Å². The molecule has 24 heavy (non-hydrogen) atoms. The van der Waals surface area contributed by atoms with E-state index in [9.17, 15) is 8.42 Å².